The molecule has 106 valence electrons. The third-order valence-electron chi connectivity index (χ3n) is 2.88. The van der Waals surface area contributed by atoms with Gasteiger partial charge in [0, 0.05) is 22.9 Å². The molecular formula is C14H17BrN4O. The molecule has 20 heavy (non-hydrogen) atoms. The van der Waals surface area contributed by atoms with E-state index >= 15 is 0 Å². The first-order valence-electron chi connectivity index (χ1n) is 6.41. The fourth-order valence-electron chi connectivity index (χ4n) is 1.99. The summed E-state index contributed by atoms with van der Waals surface area (Å²) < 4.78 is 6.13. The summed E-state index contributed by atoms with van der Waals surface area (Å²) in [5.74, 6) is 0.574. The van der Waals surface area contributed by atoms with E-state index in [1.807, 2.05) is 12.3 Å². The van der Waals surface area contributed by atoms with Gasteiger partial charge in [0.05, 0.1) is 18.8 Å². The predicted molar refractivity (Wildman–Crippen MR) is 80.6 cm³/mol. The normalized spacial score (nSPS) is 12.2. The van der Waals surface area contributed by atoms with E-state index in [4.69, 9.17) is 4.74 Å². The molecule has 1 atom stereocenters. The van der Waals surface area contributed by atoms with Gasteiger partial charge in [0.1, 0.15) is 6.33 Å². The maximum absolute atomic E-state index is 5.15. The standard InChI is InChI=1S/C14H17BrN4O/c1-3-17-12(5-10-4-11(15)8-16-7-10)13-6-14(20-2)19-9-18-13/h4,6-9,12,17H,3,5H2,1-2H3. The van der Waals surface area contributed by atoms with Crippen LogP contribution in [0, 0.1) is 0 Å². The van der Waals surface area contributed by atoms with Crippen LogP contribution in [-0.4, -0.2) is 28.6 Å². The molecule has 6 heteroatoms. The topological polar surface area (TPSA) is 59.9 Å². The van der Waals surface area contributed by atoms with Crippen molar-refractivity contribution in [2.75, 3.05) is 13.7 Å². The summed E-state index contributed by atoms with van der Waals surface area (Å²) in [6, 6.07) is 4.03. The molecule has 5 nitrogen and oxygen atoms in total. The highest BCUT2D eigenvalue weighted by Gasteiger charge is 2.14. The summed E-state index contributed by atoms with van der Waals surface area (Å²) >= 11 is 3.44. The molecular weight excluding hydrogens is 320 g/mol. The van der Waals surface area contributed by atoms with Crippen molar-refractivity contribution in [3.05, 3.63) is 46.6 Å². The van der Waals surface area contributed by atoms with Crippen LogP contribution < -0.4 is 10.1 Å². The van der Waals surface area contributed by atoms with Crippen LogP contribution in [0.2, 0.25) is 0 Å². The first-order chi connectivity index (χ1) is 9.72. The van der Waals surface area contributed by atoms with E-state index in [1.54, 1.807) is 13.3 Å². The van der Waals surface area contributed by atoms with E-state index in [0.717, 1.165) is 28.7 Å². The number of ether oxygens (including phenoxy) is 1. The zero-order chi connectivity index (χ0) is 14.4. The summed E-state index contributed by atoms with van der Waals surface area (Å²) in [4.78, 5) is 12.6. The van der Waals surface area contributed by atoms with Crippen molar-refractivity contribution in [1.82, 2.24) is 20.3 Å². The molecule has 0 aliphatic rings. The van der Waals surface area contributed by atoms with Gasteiger partial charge in [-0.15, -0.1) is 0 Å². The van der Waals surface area contributed by atoms with Gasteiger partial charge in [-0.1, -0.05) is 6.92 Å². The number of pyridine rings is 1. The zero-order valence-electron chi connectivity index (χ0n) is 11.5. The van der Waals surface area contributed by atoms with Crippen LogP contribution in [-0.2, 0) is 6.42 Å². The van der Waals surface area contributed by atoms with Crippen LogP contribution in [0.4, 0.5) is 0 Å². The van der Waals surface area contributed by atoms with E-state index in [0.29, 0.717) is 5.88 Å². The third-order valence-corrected chi connectivity index (χ3v) is 3.31. The van der Waals surface area contributed by atoms with Gasteiger partial charge >= 0.3 is 0 Å². The van der Waals surface area contributed by atoms with Crippen molar-refractivity contribution in [3.8, 4) is 5.88 Å². The smallest absolute Gasteiger partial charge is 0.216 e. The number of rotatable bonds is 6. The van der Waals surface area contributed by atoms with E-state index in [1.165, 1.54) is 6.33 Å². The van der Waals surface area contributed by atoms with Crippen LogP contribution in [0.1, 0.15) is 24.2 Å². The lowest BCUT2D eigenvalue weighted by atomic mass is 10.0. The van der Waals surface area contributed by atoms with Crippen molar-refractivity contribution < 1.29 is 4.74 Å². The van der Waals surface area contributed by atoms with E-state index in [-0.39, 0.29) is 6.04 Å². The fourth-order valence-corrected chi connectivity index (χ4v) is 2.40. The number of likely N-dealkylation sites (N-methyl/N-ethyl adjacent to an activating group) is 1. The molecule has 0 aliphatic carbocycles. The first-order valence-corrected chi connectivity index (χ1v) is 7.21. The van der Waals surface area contributed by atoms with E-state index < -0.39 is 0 Å². The molecule has 0 saturated carbocycles. The number of nitrogens with zero attached hydrogens (tertiary/aromatic N) is 3. The number of halogens is 1. The van der Waals surface area contributed by atoms with Gasteiger partial charge in [-0.05, 0) is 40.5 Å². The van der Waals surface area contributed by atoms with Crippen molar-refractivity contribution in [1.29, 1.82) is 0 Å². The summed E-state index contributed by atoms with van der Waals surface area (Å²) in [5.41, 5.74) is 2.06. The van der Waals surface area contributed by atoms with Crippen LogP contribution in [0.15, 0.2) is 35.3 Å². The monoisotopic (exact) mass is 336 g/mol. The Balaban J connectivity index is 2.21. The van der Waals surface area contributed by atoms with Crippen LogP contribution >= 0.6 is 15.9 Å². The fraction of sp³-hybridized carbons (Fsp3) is 0.357. The number of aromatic nitrogens is 3. The molecule has 1 N–H and O–H groups in total. The number of hydrogen-bond donors (Lipinski definition) is 1. The molecule has 0 aliphatic heterocycles. The summed E-state index contributed by atoms with van der Waals surface area (Å²) in [6.07, 6.45) is 5.98. The molecule has 0 amide bonds. The van der Waals surface area contributed by atoms with Crippen LogP contribution in [0.5, 0.6) is 5.88 Å². The van der Waals surface area contributed by atoms with E-state index in [2.05, 4.69) is 49.2 Å². The van der Waals surface area contributed by atoms with Gasteiger partial charge in [0.25, 0.3) is 0 Å². The lowest BCUT2D eigenvalue weighted by Crippen LogP contribution is -2.24. The Labute approximate surface area is 127 Å². The third kappa shape index (κ3) is 3.98. The molecule has 0 saturated heterocycles. The van der Waals surface area contributed by atoms with Gasteiger partial charge in [-0.2, -0.15) is 0 Å². The second-order valence-corrected chi connectivity index (χ2v) is 5.23. The summed E-state index contributed by atoms with van der Waals surface area (Å²) in [5, 5.41) is 3.43. The van der Waals surface area contributed by atoms with Gasteiger partial charge in [-0.25, -0.2) is 9.97 Å². The largest absolute Gasteiger partial charge is 0.481 e. The molecule has 1 unspecified atom stereocenters. The van der Waals surface area contributed by atoms with Gasteiger partial charge in [0.2, 0.25) is 5.88 Å². The Hall–Kier alpha value is -1.53. The minimum absolute atomic E-state index is 0.105. The Kier molecular flexibility index (Phi) is 5.43. The predicted octanol–water partition coefficient (Wildman–Crippen LogP) is 2.54. The Bertz CT molecular complexity index is 564. The first kappa shape index (κ1) is 14.9. The van der Waals surface area contributed by atoms with Crippen LogP contribution in [0.3, 0.4) is 0 Å². The quantitative estimate of drug-likeness (QED) is 0.878. The van der Waals surface area contributed by atoms with Gasteiger partial charge in [0.15, 0.2) is 0 Å². The second-order valence-electron chi connectivity index (χ2n) is 4.31. The lowest BCUT2D eigenvalue weighted by molar-refractivity contribution is 0.393. The maximum Gasteiger partial charge on any atom is 0.216 e. The number of hydrogen-bond acceptors (Lipinski definition) is 5. The summed E-state index contributed by atoms with van der Waals surface area (Å²) in [7, 11) is 1.60. The molecule has 0 bridgehead atoms. The Morgan fingerprint density at radius 1 is 1.30 bits per heavy atom. The van der Waals surface area contributed by atoms with E-state index in [9.17, 15) is 0 Å². The van der Waals surface area contributed by atoms with Crippen molar-refractivity contribution in [2.45, 2.75) is 19.4 Å². The molecule has 0 fully saturated rings. The molecule has 2 aromatic rings. The highest BCUT2D eigenvalue weighted by molar-refractivity contribution is 9.10. The summed E-state index contributed by atoms with van der Waals surface area (Å²) in [6.45, 7) is 2.93. The molecule has 0 radical (unpaired) electrons. The van der Waals surface area contributed by atoms with Crippen LogP contribution in [0.25, 0.3) is 0 Å². The SMILES string of the molecule is CCNC(Cc1cncc(Br)c1)c1cc(OC)ncn1. The lowest BCUT2D eigenvalue weighted by Gasteiger charge is -2.17. The molecule has 0 spiro atoms. The molecule has 0 aromatic carbocycles. The molecule has 2 aromatic heterocycles. The highest BCUT2D eigenvalue weighted by atomic mass is 79.9. The minimum Gasteiger partial charge on any atom is -0.481 e. The Morgan fingerprint density at radius 2 is 2.15 bits per heavy atom. The zero-order valence-corrected chi connectivity index (χ0v) is 13.1. The minimum atomic E-state index is 0.105. The number of nitrogens with one attached hydrogen (secondary N) is 1. The highest BCUT2D eigenvalue weighted by Crippen LogP contribution is 2.20. The molecule has 2 heterocycles. The number of methoxy groups -OCH3 is 1. The second kappa shape index (κ2) is 7.31. The van der Waals surface area contributed by atoms with Crippen molar-refractivity contribution >= 4 is 15.9 Å². The Morgan fingerprint density at radius 3 is 2.85 bits per heavy atom. The van der Waals surface area contributed by atoms with Gasteiger partial charge < -0.3 is 10.1 Å². The average molecular weight is 337 g/mol. The molecule has 2 rings (SSSR count). The van der Waals surface area contributed by atoms with Crippen molar-refractivity contribution in [3.63, 3.8) is 0 Å². The average Bonchev–Trinajstić information content (AvgIpc) is 2.47. The van der Waals surface area contributed by atoms with Crippen molar-refractivity contribution in [2.24, 2.45) is 0 Å². The maximum atomic E-state index is 5.15. The van der Waals surface area contributed by atoms with Gasteiger partial charge in [-0.3, -0.25) is 4.98 Å².